The first-order valence-electron chi connectivity index (χ1n) is 12.2. The fourth-order valence-electron chi connectivity index (χ4n) is 5.53. The Bertz CT molecular complexity index is 1270. The van der Waals surface area contributed by atoms with Gasteiger partial charge in [0.25, 0.3) is 5.88 Å². The fourth-order valence-corrected chi connectivity index (χ4v) is 5.71. The number of nitrogens with one attached hydrogen (secondary N) is 3. The number of aromatic amines is 1. The lowest BCUT2D eigenvalue weighted by Gasteiger charge is -2.50. The number of nitrogens with zero attached hydrogens (tertiary/aromatic N) is 2. The summed E-state index contributed by atoms with van der Waals surface area (Å²) >= 11 is 6.41. The SMILES string of the molecule is COc1ccc(Cn2o[nH]oc3c(OC[C@H]4NC[C@H]5CC[C@@]4(C(C)(C)C)N5)nc(Cl)cc32)c(OC)c1. The topological polar surface area (TPSA) is 112 Å². The van der Waals surface area contributed by atoms with Crippen molar-refractivity contribution in [2.24, 2.45) is 5.41 Å². The number of fused-ring (bicyclic) bond motifs is 3. The summed E-state index contributed by atoms with van der Waals surface area (Å²) in [7, 11) is 3.23. The van der Waals surface area contributed by atoms with Crippen molar-refractivity contribution in [2.75, 3.05) is 27.4 Å². The zero-order chi connectivity index (χ0) is 25.5. The molecular weight excluding hydrogens is 486 g/mol. The van der Waals surface area contributed by atoms with Crippen molar-refractivity contribution in [3.8, 4) is 17.4 Å². The second-order valence-corrected chi connectivity index (χ2v) is 10.8. The molecule has 5 rings (SSSR count). The van der Waals surface area contributed by atoms with Crippen LogP contribution in [0.25, 0.3) is 11.1 Å². The van der Waals surface area contributed by atoms with Crippen molar-refractivity contribution >= 4 is 22.7 Å². The van der Waals surface area contributed by atoms with Crippen LogP contribution in [0.4, 0.5) is 0 Å². The van der Waals surface area contributed by atoms with Gasteiger partial charge in [0.1, 0.15) is 28.8 Å². The van der Waals surface area contributed by atoms with Crippen molar-refractivity contribution in [3.05, 3.63) is 35.0 Å². The number of pyridine rings is 1. The van der Waals surface area contributed by atoms with Gasteiger partial charge in [0.2, 0.25) is 5.58 Å². The van der Waals surface area contributed by atoms with Gasteiger partial charge in [-0.05, 0) is 30.4 Å². The predicted molar refractivity (Wildman–Crippen MR) is 136 cm³/mol. The molecule has 1 aromatic carbocycles. The monoisotopic (exact) mass is 519 g/mol. The number of H-pyrrole nitrogens is 1. The number of ether oxygens (including phenoxy) is 3. The number of benzene rings is 1. The third kappa shape index (κ3) is 4.42. The molecule has 0 amide bonds. The zero-order valence-electron chi connectivity index (χ0n) is 21.3. The van der Waals surface area contributed by atoms with Gasteiger partial charge >= 0.3 is 0 Å². The molecule has 2 aliphatic rings. The number of hydrogen-bond acceptors (Lipinski definition) is 8. The van der Waals surface area contributed by atoms with Crippen LogP contribution in [-0.4, -0.2) is 60.0 Å². The van der Waals surface area contributed by atoms with Gasteiger partial charge in [-0.15, -0.1) is 0 Å². The molecule has 2 saturated heterocycles. The van der Waals surface area contributed by atoms with Crippen molar-refractivity contribution in [2.45, 2.75) is 57.8 Å². The maximum atomic E-state index is 6.41. The molecule has 3 atom stereocenters. The second-order valence-electron chi connectivity index (χ2n) is 10.5. The Balaban J connectivity index is 1.44. The smallest absolute Gasteiger partial charge is 0.264 e. The maximum Gasteiger partial charge on any atom is 0.264 e. The Labute approximate surface area is 214 Å². The van der Waals surface area contributed by atoms with Crippen LogP contribution in [0.3, 0.4) is 0 Å². The lowest BCUT2D eigenvalue weighted by Crippen LogP contribution is -2.71. The Morgan fingerprint density at radius 3 is 2.81 bits per heavy atom. The van der Waals surface area contributed by atoms with Gasteiger partial charge < -0.3 is 29.4 Å². The van der Waals surface area contributed by atoms with Crippen LogP contribution in [0.5, 0.6) is 17.4 Å². The van der Waals surface area contributed by atoms with Crippen molar-refractivity contribution in [3.63, 3.8) is 0 Å². The minimum absolute atomic E-state index is 0.0461. The predicted octanol–water partition coefficient (Wildman–Crippen LogP) is 4.28. The van der Waals surface area contributed by atoms with Gasteiger partial charge in [-0.1, -0.05) is 37.7 Å². The Morgan fingerprint density at radius 2 is 2.06 bits per heavy atom. The number of methoxy groups -OCH3 is 2. The van der Waals surface area contributed by atoms with Crippen LogP contribution in [-0.2, 0) is 6.54 Å². The zero-order valence-corrected chi connectivity index (χ0v) is 22.1. The summed E-state index contributed by atoms with van der Waals surface area (Å²) < 4.78 is 29.9. The molecule has 2 fully saturated rings. The molecule has 2 aliphatic heterocycles. The normalized spacial score (nSPS) is 23.6. The molecule has 4 heterocycles. The highest BCUT2D eigenvalue weighted by atomic mass is 35.5. The quantitative estimate of drug-likeness (QED) is 0.396. The highest BCUT2D eigenvalue weighted by Gasteiger charge is 2.54. The summed E-state index contributed by atoms with van der Waals surface area (Å²) in [6.45, 7) is 8.50. The van der Waals surface area contributed by atoms with Gasteiger partial charge in [-0.3, -0.25) is 4.63 Å². The fraction of sp³-hybridized carbons (Fsp3) is 0.560. The van der Waals surface area contributed by atoms with E-state index in [4.69, 9.17) is 35.0 Å². The van der Waals surface area contributed by atoms with E-state index >= 15 is 0 Å². The molecule has 0 saturated carbocycles. The first kappa shape index (κ1) is 24.9. The molecule has 0 spiro atoms. The summed E-state index contributed by atoms with van der Waals surface area (Å²) in [5, 5.41) is 10.3. The standard InChI is InChI=1S/C25H34ClN5O5/c1-24(2,3)25-9-8-16(29-25)12-27-20(25)14-34-23-22-18(11-21(26)28-23)31(36-30-35-22)13-15-6-7-17(32-4)10-19(15)33-5/h6-7,10-11,16,20,27,29-30H,8-9,12-14H2,1-5H3/t16-,20-,25-/m1/s1. The van der Waals surface area contributed by atoms with Gasteiger partial charge in [-0.25, -0.2) is 0 Å². The van der Waals surface area contributed by atoms with E-state index in [9.17, 15) is 0 Å². The van der Waals surface area contributed by atoms with E-state index in [1.54, 1.807) is 25.0 Å². The lowest BCUT2D eigenvalue weighted by atomic mass is 9.68. The first-order chi connectivity index (χ1) is 17.2. The number of piperazine rings is 1. The van der Waals surface area contributed by atoms with Gasteiger partial charge in [0, 0.05) is 35.8 Å². The minimum atomic E-state index is -0.0757. The molecule has 0 aliphatic carbocycles. The highest BCUT2D eigenvalue weighted by Crippen LogP contribution is 2.44. The van der Waals surface area contributed by atoms with Crippen LogP contribution >= 0.6 is 11.6 Å². The number of hydrogen-bond donors (Lipinski definition) is 3. The largest absolute Gasteiger partial charge is 0.497 e. The summed E-state index contributed by atoms with van der Waals surface area (Å²) in [6, 6.07) is 7.87. The molecule has 11 heteroatoms. The number of rotatable bonds is 7. The average molecular weight is 520 g/mol. The summed E-state index contributed by atoms with van der Waals surface area (Å²) in [4.78, 5) is 4.42. The summed E-state index contributed by atoms with van der Waals surface area (Å²) in [5.41, 5.74) is 1.83. The Kier molecular flexibility index (Phi) is 6.61. The number of aromatic nitrogens is 3. The van der Waals surface area contributed by atoms with Crippen molar-refractivity contribution in [1.82, 2.24) is 25.7 Å². The van der Waals surface area contributed by atoms with Gasteiger partial charge in [0.15, 0.2) is 0 Å². The van der Waals surface area contributed by atoms with E-state index in [1.165, 1.54) is 0 Å². The van der Waals surface area contributed by atoms with E-state index in [0.29, 0.717) is 47.7 Å². The summed E-state index contributed by atoms with van der Waals surface area (Å²) in [6.07, 6.45) is 2.24. The van der Waals surface area contributed by atoms with Gasteiger partial charge in [-0.2, -0.15) is 9.72 Å². The lowest BCUT2D eigenvalue weighted by molar-refractivity contribution is 0.0550. The summed E-state index contributed by atoms with van der Waals surface area (Å²) in [5.74, 6) is 1.67. The van der Waals surface area contributed by atoms with Crippen LogP contribution in [0.15, 0.2) is 33.4 Å². The van der Waals surface area contributed by atoms with E-state index in [1.807, 2.05) is 18.2 Å². The van der Waals surface area contributed by atoms with E-state index < -0.39 is 0 Å². The van der Waals surface area contributed by atoms with Crippen LogP contribution in [0, 0.1) is 5.41 Å². The Morgan fingerprint density at radius 1 is 1.22 bits per heavy atom. The van der Waals surface area contributed by atoms with Gasteiger partial charge in [0.05, 0.1) is 26.8 Å². The Hall–Kier alpha value is -2.82. The molecule has 0 unspecified atom stereocenters. The maximum absolute atomic E-state index is 6.41. The van der Waals surface area contributed by atoms with E-state index in [0.717, 1.165) is 24.9 Å². The third-order valence-electron chi connectivity index (χ3n) is 7.54. The molecule has 3 aromatic rings. The van der Waals surface area contributed by atoms with Crippen molar-refractivity contribution < 1.29 is 23.4 Å². The molecule has 3 N–H and O–H groups in total. The minimum Gasteiger partial charge on any atom is -0.497 e. The first-order valence-corrected chi connectivity index (χ1v) is 12.5. The average Bonchev–Trinajstić information content (AvgIpc) is 3.22. The molecule has 2 aromatic heterocycles. The third-order valence-corrected chi connectivity index (χ3v) is 7.73. The van der Waals surface area contributed by atoms with Crippen LogP contribution < -0.4 is 24.8 Å². The molecule has 10 nitrogen and oxygen atoms in total. The molecule has 36 heavy (non-hydrogen) atoms. The van der Waals surface area contributed by atoms with Crippen LogP contribution in [0.2, 0.25) is 5.15 Å². The molecule has 0 radical (unpaired) electrons. The molecule has 2 bridgehead atoms. The van der Waals surface area contributed by atoms with E-state index in [-0.39, 0.29) is 22.1 Å². The molecular formula is C25H34ClN5O5. The number of halogens is 1. The highest BCUT2D eigenvalue weighted by molar-refractivity contribution is 6.30. The second kappa shape index (κ2) is 9.57. The van der Waals surface area contributed by atoms with Crippen LogP contribution in [0.1, 0.15) is 39.2 Å². The molecule has 196 valence electrons. The van der Waals surface area contributed by atoms with Crippen molar-refractivity contribution in [1.29, 1.82) is 0 Å². The van der Waals surface area contributed by atoms with E-state index in [2.05, 4.69) is 41.7 Å².